The molecule has 122 valence electrons. The van der Waals surface area contributed by atoms with E-state index in [1.165, 1.54) is 5.56 Å². The number of carbonyl (C=O) groups is 1. The van der Waals surface area contributed by atoms with Crippen molar-refractivity contribution in [1.82, 2.24) is 5.32 Å². The van der Waals surface area contributed by atoms with Crippen molar-refractivity contribution in [3.8, 4) is 11.5 Å². The molecule has 0 spiro atoms. The molecule has 0 heterocycles. The highest BCUT2D eigenvalue weighted by Crippen LogP contribution is 2.27. The summed E-state index contributed by atoms with van der Waals surface area (Å²) >= 11 is 0. The molecule has 0 saturated heterocycles. The van der Waals surface area contributed by atoms with E-state index in [9.17, 15) is 4.79 Å². The van der Waals surface area contributed by atoms with Crippen LogP contribution in [0.3, 0.4) is 0 Å². The van der Waals surface area contributed by atoms with Crippen LogP contribution >= 0.6 is 0 Å². The standard InChI is InChI=1S/C19H23NO3/c1-22-17-12-11-16(14-18(17)23-2)19(21)20-13-7-6-10-15-8-4-3-5-9-15/h3-5,8-9,11-12,14H,6-7,10,13H2,1-2H3,(H,20,21). The third kappa shape index (κ3) is 5.02. The van der Waals surface area contributed by atoms with Crippen LogP contribution in [0, 0.1) is 0 Å². The second kappa shape index (κ2) is 8.83. The minimum Gasteiger partial charge on any atom is -0.493 e. The van der Waals surface area contributed by atoms with Gasteiger partial charge in [-0.3, -0.25) is 4.79 Å². The summed E-state index contributed by atoms with van der Waals surface area (Å²) in [4.78, 5) is 12.1. The average Bonchev–Trinajstić information content (AvgIpc) is 2.61. The number of hydrogen-bond donors (Lipinski definition) is 1. The summed E-state index contributed by atoms with van der Waals surface area (Å²) in [6.45, 7) is 0.667. The van der Waals surface area contributed by atoms with E-state index >= 15 is 0 Å². The van der Waals surface area contributed by atoms with Crippen molar-refractivity contribution in [3.05, 3.63) is 59.7 Å². The lowest BCUT2D eigenvalue weighted by Crippen LogP contribution is -2.24. The molecule has 0 aliphatic rings. The van der Waals surface area contributed by atoms with Gasteiger partial charge in [-0.15, -0.1) is 0 Å². The Kier molecular flexibility index (Phi) is 6.48. The molecule has 0 unspecified atom stereocenters. The van der Waals surface area contributed by atoms with Gasteiger partial charge in [-0.2, -0.15) is 0 Å². The van der Waals surface area contributed by atoms with Crippen LogP contribution < -0.4 is 14.8 Å². The highest BCUT2D eigenvalue weighted by molar-refractivity contribution is 5.94. The number of nitrogens with one attached hydrogen (secondary N) is 1. The first-order valence-corrected chi connectivity index (χ1v) is 7.78. The lowest BCUT2D eigenvalue weighted by molar-refractivity contribution is 0.0952. The van der Waals surface area contributed by atoms with Crippen LogP contribution in [0.2, 0.25) is 0 Å². The molecule has 0 aliphatic carbocycles. The molecule has 2 aromatic rings. The van der Waals surface area contributed by atoms with Gasteiger partial charge >= 0.3 is 0 Å². The van der Waals surface area contributed by atoms with E-state index in [-0.39, 0.29) is 5.91 Å². The number of ether oxygens (including phenoxy) is 2. The summed E-state index contributed by atoms with van der Waals surface area (Å²) in [7, 11) is 3.13. The molecule has 0 radical (unpaired) electrons. The van der Waals surface area contributed by atoms with Crippen LogP contribution in [0.1, 0.15) is 28.8 Å². The summed E-state index contributed by atoms with van der Waals surface area (Å²) in [5.41, 5.74) is 1.91. The second-order valence-corrected chi connectivity index (χ2v) is 5.27. The lowest BCUT2D eigenvalue weighted by Gasteiger charge is -2.10. The number of rotatable bonds is 8. The predicted octanol–water partition coefficient (Wildman–Crippen LogP) is 3.46. The van der Waals surface area contributed by atoms with E-state index in [1.807, 2.05) is 18.2 Å². The zero-order valence-corrected chi connectivity index (χ0v) is 13.7. The molecule has 0 saturated carbocycles. The Hall–Kier alpha value is -2.49. The normalized spacial score (nSPS) is 10.2. The molecule has 23 heavy (non-hydrogen) atoms. The molecule has 0 bridgehead atoms. The summed E-state index contributed by atoms with van der Waals surface area (Å²) in [5, 5.41) is 2.94. The minimum absolute atomic E-state index is 0.0920. The first-order valence-electron chi connectivity index (χ1n) is 7.78. The number of aryl methyl sites for hydroxylation is 1. The van der Waals surface area contributed by atoms with Crippen molar-refractivity contribution in [2.45, 2.75) is 19.3 Å². The topological polar surface area (TPSA) is 47.6 Å². The van der Waals surface area contributed by atoms with Gasteiger partial charge in [0.1, 0.15) is 0 Å². The molecular weight excluding hydrogens is 290 g/mol. The Morgan fingerprint density at radius 3 is 2.39 bits per heavy atom. The average molecular weight is 313 g/mol. The molecule has 0 fully saturated rings. The number of benzene rings is 2. The Morgan fingerprint density at radius 2 is 1.70 bits per heavy atom. The van der Waals surface area contributed by atoms with Crippen LogP contribution in [0.15, 0.2) is 48.5 Å². The first kappa shape index (κ1) is 16.9. The lowest BCUT2D eigenvalue weighted by atomic mass is 10.1. The number of carbonyl (C=O) groups excluding carboxylic acids is 1. The SMILES string of the molecule is COc1ccc(C(=O)NCCCCc2ccccc2)cc1OC. The fourth-order valence-corrected chi connectivity index (χ4v) is 2.38. The van der Waals surface area contributed by atoms with E-state index in [1.54, 1.807) is 32.4 Å². The van der Waals surface area contributed by atoms with Crippen LogP contribution in [0.5, 0.6) is 11.5 Å². The van der Waals surface area contributed by atoms with Crippen molar-refractivity contribution >= 4 is 5.91 Å². The zero-order valence-electron chi connectivity index (χ0n) is 13.7. The quantitative estimate of drug-likeness (QED) is 0.759. The second-order valence-electron chi connectivity index (χ2n) is 5.27. The maximum absolute atomic E-state index is 12.1. The first-order chi connectivity index (χ1) is 11.2. The van der Waals surface area contributed by atoms with Gasteiger partial charge in [0.25, 0.3) is 5.91 Å². The van der Waals surface area contributed by atoms with E-state index in [2.05, 4.69) is 17.4 Å². The van der Waals surface area contributed by atoms with Crippen LogP contribution in [0.4, 0.5) is 0 Å². The summed E-state index contributed by atoms with van der Waals surface area (Å²) in [6, 6.07) is 15.5. The Labute approximate surface area is 137 Å². The zero-order chi connectivity index (χ0) is 16.5. The number of hydrogen-bond acceptors (Lipinski definition) is 3. The van der Waals surface area contributed by atoms with Crippen molar-refractivity contribution in [1.29, 1.82) is 0 Å². The monoisotopic (exact) mass is 313 g/mol. The van der Waals surface area contributed by atoms with Gasteiger partial charge in [0.2, 0.25) is 0 Å². The van der Waals surface area contributed by atoms with Gasteiger partial charge in [0.15, 0.2) is 11.5 Å². The summed E-state index contributed by atoms with van der Waals surface area (Å²) < 4.78 is 10.4. The molecule has 2 aromatic carbocycles. The molecule has 4 heteroatoms. The Balaban J connectivity index is 1.76. The molecule has 0 atom stereocenters. The van der Waals surface area contributed by atoms with E-state index in [4.69, 9.17) is 9.47 Å². The highest BCUT2D eigenvalue weighted by atomic mass is 16.5. The van der Waals surface area contributed by atoms with Gasteiger partial charge in [0.05, 0.1) is 14.2 Å². The van der Waals surface area contributed by atoms with Crippen molar-refractivity contribution in [3.63, 3.8) is 0 Å². The number of amides is 1. The van der Waals surface area contributed by atoms with Gasteiger partial charge in [0, 0.05) is 12.1 Å². The molecule has 2 rings (SSSR count). The Morgan fingerprint density at radius 1 is 0.957 bits per heavy atom. The fourth-order valence-electron chi connectivity index (χ4n) is 2.38. The van der Waals surface area contributed by atoms with E-state index in [0.29, 0.717) is 23.6 Å². The van der Waals surface area contributed by atoms with Crippen LogP contribution in [-0.4, -0.2) is 26.7 Å². The third-order valence-corrected chi connectivity index (χ3v) is 3.67. The summed E-state index contributed by atoms with van der Waals surface area (Å²) in [5.74, 6) is 1.09. The maximum atomic E-state index is 12.1. The maximum Gasteiger partial charge on any atom is 0.251 e. The molecule has 1 N–H and O–H groups in total. The Bertz CT molecular complexity index is 626. The van der Waals surface area contributed by atoms with Crippen molar-refractivity contribution in [2.75, 3.05) is 20.8 Å². The largest absolute Gasteiger partial charge is 0.493 e. The smallest absolute Gasteiger partial charge is 0.251 e. The fraction of sp³-hybridized carbons (Fsp3) is 0.316. The number of methoxy groups -OCH3 is 2. The van der Waals surface area contributed by atoms with Crippen molar-refractivity contribution in [2.24, 2.45) is 0 Å². The highest BCUT2D eigenvalue weighted by Gasteiger charge is 2.10. The number of unbranched alkanes of at least 4 members (excludes halogenated alkanes) is 1. The van der Waals surface area contributed by atoms with Gasteiger partial charge in [-0.25, -0.2) is 0 Å². The van der Waals surface area contributed by atoms with Crippen LogP contribution in [0.25, 0.3) is 0 Å². The van der Waals surface area contributed by atoms with E-state index < -0.39 is 0 Å². The molecule has 0 aromatic heterocycles. The van der Waals surface area contributed by atoms with E-state index in [0.717, 1.165) is 19.3 Å². The van der Waals surface area contributed by atoms with Gasteiger partial charge in [-0.1, -0.05) is 30.3 Å². The van der Waals surface area contributed by atoms with Crippen LogP contribution in [-0.2, 0) is 6.42 Å². The van der Waals surface area contributed by atoms with Crippen molar-refractivity contribution < 1.29 is 14.3 Å². The molecule has 0 aliphatic heterocycles. The third-order valence-electron chi connectivity index (χ3n) is 3.67. The minimum atomic E-state index is -0.0920. The molecule has 1 amide bonds. The molecular formula is C19H23NO3. The van der Waals surface area contributed by atoms with Gasteiger partial charge < -0.3 is 14.8 Å². The molecule has 4 nitrogen and oxygen atoms in total. The predicted molar refractivity (Wildman–Crippen MR) is 91.3 cm³/mol. The van der Waals surface area contributed by atoms with Gasteiger partial charge in [-0.05, 0) is 43.0 Å². The summed E-state index contributed by atoms with van der Waals surface area (Å²) in [6.07, 6.45) is 3.04.